The summed E-state index contributed by atoms with van der Waals surface area (Å²) in [4.78, 5) is 15.9. The molecule has 1 aliphatic carbocycles. The van der Waals surface area contributed by atoms with Crippen LogP contribution in [0.2, 0.25) is 0 Å². The van der Waals surface area contributed by atoms with Gasteiger partial charge in [-0.25, -0.2) is 0 Å². The van der Waals surface area contributed by atoms with Gasteiger partial charge in [0.1, 0.15) is 0 Å². The maximum atomic E-state index is 11.6. The van der Waals surface area contributed by atoms with Crippen LogP contribution >= 0.6 is 24.0 Å². The second kappa shape index (κ2) is 10.3. The van der Waals surface area contributed by atoms with Gasteiger partial charge in [0.25, 0.3) is 5.91 Å². The van der Waals surface area contributed by atoms with E-state index in [1.807, 2.05) is 24.3 Å². The maximum absolute atomic E-state index is 11.6. The van der Waals surface area contributed by atoms with Crippen molar-refractivity contribution in [3.05, 3.63) is 47.5 Å². The monoisotopic (exact) mass is 428 g/mol. The van der Waals surface area contributed by atoms with Gasteiger partial charge in [-0.2, -0.15) is 0 Å². The van der Waals surface area contributed by atoms with E-state index in [2.05, 4.69) is 33.1 Å². The molecule has 0 saturated heterocycles. The van der Waals surface area contributed by atoms with Crippen LogP contribution in [-0.2, 0) is 6.42 Å². The Balaban J connectivity index is 0.00000264. The highest BCUT2D eigenvalue weighted by molar-refractivity contribution is 14.0. The van der Waals surface area contributed by atoms with E-state index in [1.54, 1.807) is 14.1 Å². The lowest BCUT2D eigenvalue weighted by atomic mass is 10.1. The molecule has 0 unspecified atom stereocenters. The number of carbonyl (C=O) groups excluding carboxylic acids is 1. The van der Waals surface area contributed by atoms with Crippen LogP contribution in [0.25, 0.3) is 0 Å². The van der Waals surface area contributed by atoms with E-state index in [1.165, 1.54) is 0 Å². The lowest BCUT2D eigenvalue weighted by Crippen LogP contribution is -2.43. The molecule has 1 aromatic carbocycles. The second-order valence-corrected chi connectivity index (χ2v) is 5.31. The van der Waals surface area contributed by atoms with E-state index in [-0.39, 0.29) is 29.9 Å². The molecule has 1 aromatic rings. The molecule has 0 bridgehead atoms. The Bertz CT molecular complexity index is 563. The molecule has 1 amide bonds. The summed E-state index contributed by atoms with van der Waals surface area (Å²) >= 11 is 0. The Morgan fingerprint density at radius 3 is 2.70 bits per heavy atom. The first-order valence-corrected chi connectivity index (χ1v) is 7.66. The third-order valence-electron chi connectivity index (χ3n) is 3.69. The average molecular weight is 428 g/mol. The predicted octanol–water partition coefficient (Wildman–Crippen LogP) is 2.09. The summed E-state index contributed by atoms with van der Waals surface area (Å²) in [6, 6.07) is 8.14. The van der Waals surface area contributed by atoms with Gasteiger partial charge in [0.15, 0.2) is 5.96 Å². The Hall–Kier alpha value is -1.57. The lowest BCUT2D eigenvalue weighted by molar-refractivity contribution is 0.0963. The van der Waals surface area contributed by atoms with Crippen molar-refractivity contribution in [1.29, 1.82) is 0 Å². The molecule has 2 rings (SSSR count). The number of aliphatic imine (C=N–C) groups is 1. The van der Waals surface area contributed by atoms with Gasteiger partial charge < -0.3 is 16.0 Å². The van der Waals surface area contributed by atoms with E-state index in [0.29, 0.717) is 11.6 Å². The highest BCUT2D eigenvalue weighted by atomic mass is 127. The minimum atomic E-state index is -0.0546. The summed E-state index contributed by atoms with van der Waals surface area (Å²) in [5.41, 5.74) is 1.83. The van der Waals surface area contributed by atoms with Crippen molar-refractivity contribution in [2.45, 2.75) is 25.3 Å². The minimum Gasteiger partial charge on any atom is -0.356 e. The van der Waals surface area contributed by atoms with Crippen LogP contribution in [0.5, 0.6) is 0 Å². The van der Waals surface area contributed by atoms with Crippen molar-refractivity contribution in [3.63, 3.8) is 0 Å². The molecule has 23 heavy (non-hydrogen) atoms. The molecule has 6 heteroatoms. The van der Waals surface area contributed by atoms with Gasteiger partial charge in [-0.05, 0) is 37.0 Å². The molecule has 0 atom stereocenters. The number of rotatable bonds is 5. The summed E-state index contributed by atoms with van der Waals surface area (Å²) in [5, 5.41) is 9.36. The number of nitrogens with one attached hydrogen (secondary N) is 3. The summed E-state index contributed by atoms with van der Waals surface area (Å²) in [5.74, 6) is 0.775. The summed E-state index contributed by atoms with van der Waals surface area (Å²) in [6.07, 6.45) is 7.32. The minimum absolute atomic E-state index is 0. The Morgan fingerprint density at radius 2 is 2.04 bits per heavy atom. The maximum Gasteiger partial charge on any atom is 0.251 e. The highest BCUT2D eigenvalue weighted by Crippen LogP contribution is 2.09. The Morgan fingerprint density at radius 1 is 1.30 bits per heavy atom. The van der Waals surface area contributed by atoms with Crippen molar-refractivity contribution in [1.82, 2.24) is 16.0 Å². The molecule has 1 aliphatic rings. The summed E-state index contributed by atoms with van der Waals surface area (Å²) < 4.78 is 0. The standard InChI is InChI=1S/C17H24N4O.HI/c1-18-16(22)14-7-5-6-13(12-14)10-11-20-17(19-2)21-15-8-3-4-9-15;/h3-7,12,15H,8-11H2,1-2H3,(H,18,22)(H2,19,20,21);1H. The van der Waals surface area contributed by atoms with Crippen molar-refractivity contribution in [2.75, 3.05) is 20.6 Å². The number of hydrogen-bond donors (Lipinski definition) is 3. The first-order chi connectivity index (χ1) is 10.7. The van der Waals surface area contributed by atoms with Crippen LogP contribution in [0.4, 0.5) is 0 Å². The zero-order chi connectivity index (χ0) is 15.8. The molecule has 0 saturated carbocycles. The second-order valence-electron chi connectivity index (χ2n) is 5.31. The number of halogens is 1. The SMILES string of the molecule is CN=C(NCCc1cccc(C(=O)NC)c1)NC1CC=CC1.I. The first-order valence-electron chi connectivity index (χ1n) is 7.66. The van der Waals surface area contributed by atoms with Gasteiger partial charge in [0, 0.05) is 32.2 Å². The van der Waals surface area contributed by atoms with E-state index in [9.17, 15) is 4.79 Å². The average Bonchev–Trinajstić information content (AvgIpc) is 3.06. The van der Waals surface area contributed by atoms with Crippen molar-refractivity contribution in [3.8, 4) is 0 Å². The smallest absolute Gasteiger partial charge is 0.251 e. The zero-order valence-corrected chi connectivity index (χ0v) is 16.0. The van der Waals surface area contributed by atoms with Gasteiger partial charge in [0.2, 0.25) is 0 Å². The molecule has 0 aromatic heterocycles. The zero-order valence-electron chi connectivity index (χ0n) is 13.6. The van der Waals surface area contributed by atoms with Crippen LogP contribution in [0, 0.1) is 0 Å². The van der Waals surface area contributed by atoms with Crippen molar-refractivity contribution < 1.29 is 4.79 Å². The van der Waals surface area contributed by atoms with Crippen LogP contribution in [0.15, 0.2) is 41.4 Å². The molecular weight excluding hydrogens is 403 g/mol. The molecule has 3 N–H and O–H groups in total. The number of carbonyl (C=O) groups is 1. The van der Waals surface area contributed by atoms with Crippen LogP contribution in [0.1, 0.15) is 28.8 Å². The third kappa shape index (κ3) is 6.21. The largest absolute Gasteiger partial charge is 0.356 e. The van der Waals surface area contributed by atoms with Crippen molar-refractivity contribution >= 4 is 35.8 Å². The fraction of sp³-hybridized carbons (Fsp3) is 0.412. The molecule has 0 radical (unpaired) electrons. The van der Waals surface area contributed by atoms with Crippen LogP contribution < -0.4 is 16.0 Å². The first kappa shape index (κ1) is 19.5. The molecule has 0 fully saturated rings. The molecular formula is C17H25IN4O. The van der Waals surface area contributed by atoms with Crippen LogP contribution in [0.3, 0.4) is 0 Å². The molecule has 0 heterocycles. The quantitative estimate of drug-likeness (QED) is 0.291. The fourth-order valence-corrected chi connectivity index (χ4v) is 2.46. The van der Waals surface area contributed by atoms with Gasteiger partial charge in [-0.1, -0.05) is 24.3 Å². The molecule has 5 nitrogen and oxygen atoms in total. The van der Waals surface area contributed by atoms with Crippen LogP contribution in [-0.4, -0.2) is 38.5 Å². The summed E-state index contributed by atoms with van der Waals surface area (Å²) in [7, 11) is 3.42. The number of amides is 1. The van der Waals surface area contributed by atoms with Gasteiger partial charge in [-0.15, -0.1) is 24.0 Å². The lowest BCUT2D eigenvalue weighted by Gasteiger charge is -2.17. The summed E-state index contributed by atoms with van der Waals surface area (Å²) in [6.45, 7) is 0.775. The van der Waals surface area contributed by atoms with E-state index >= 15 is 0 Å². The normalized spacial score (nSPS) is 14.3. The van der Waals surface area contributed by atoms with Gasteiger partial charge >= 0.3 is 0 Å². The third-order valence-corrected chi connectivity index (χ3v) is 3.69. The van der Waals surface area contributed by atoms with E-state index < -0.39 is 0 Å². The highest BCUT2D eigenvalue weighted by Gasteiger charge is 2.11. The molecule has 0 aliphatic heterocycles. The predicted molar refractivity (Wildman–Crippen MR) is 106 cm³/mol. The topological polar surface area (TPSA) is 65.5 Å². The Labute approximate surface area is 155 Å². The number of hydrogen-bond acceptors (Lipinski definition) is 2. The van der Waals surface area contributed by atoms with E-state index in [4.69, 9.17) is 0 Å². The van der Waals surface area contributed by atoms with Crippen molar-refractivity contribution in [2.24, 2.45) is 4.99 Å². The molecule has 126 valence electrons. The van der Waals surface area contributed by atoms with Gasteiger partial charge in [-0.3, -0.25) is 9.79 Å². The fourth-order valence-electron chi connectivity index (χ4n) is 2.46. The number of guanidine groups is 1. The molecule has 0 spiro atoms. The Kier molecular flexibility index (Phi) is 8.68. The number of benzene rings is 1. The van der Waals surface area contributed by atoms with Gasteiger partial charge in [0.05, 0.1) is 0 Å². The number of nitrogens with zero attached hydrogens (tertiary/aromatic N) is 1. The van der Waals surface area contributed by atoms with E-state index in [0.717, 1.165) is 37.3 Å².